The van der Waals surface area contributed by atoms with Crippen molar-refractivity contribution in [3.63, 3.8) is 0 Å². The van der Waals surface area contributed by atoms with E-state index in [1.165, 1.54) is 0 Å². The molecular formula is C12H15N3O2. The average molecular weight is 233 g/mol. The number of carboxylic acid groups (broad SMARTS) is 1. The van der Waals surface area contributed by atoms with Gasteiger partial charge in [-0.2, -0.15) is 0 Å². The normalized spacial score (nSPS) is 11.9. The Labute approximate surface area is 99.1 Å². The van der Waals surface area contributed by atoms with Gasteiger partial charge in [0.05, 0.1) is 5.41 Å². The molecule has 2 aromatic heterocycles. The predicted molar refractivity (Wildman–Crippen MR) is 63.6 cm³/mol. The molecule has 0 atom stereocenters. The lowest BCUT2D eigenvalue weighted by Crippen LogP contribution is -2.27. The van der Waals surface area contributed by atoms with Crippen molar-refractivity contribution in [2.24, 2.45) is 12.5 Å². The number of pyridine rings is 1. The summed E-state index contributed by atoms with van der Waals surface area (Å²) in [5, 5.41) is 9.12. The van der Waals surface area contributed by atoms with Crippen LogP contribution in [0.15, 0.2) is 18.3 Å². The van der Waals surface area contributed by atoms with Gasteiger partial charge in [0, 0.05) is 19.7 Å². The molecule has 2 heterocycles. The smallest absolute Gasteiger partial charge is 0.309 e. The van der Waals surface area contributed by atoms with Gasteiger partial charge in [0.1, 0.15) is 11.3 Å². The molecule has 5 heteroatoms. The summed E-state index contributed by atoms with van der Waals surface area (Å²) >= 11 is 0. The fourth-order valence-corrected chi connectivity index (χ4v) is 1.70. The van der Waals surface area contributed by atoms with Crippen LogP contribution in [-0.4, -0.2) is 25.6 Å². The van der Waals surface area contributed by atoms with Crippen LogP contribution in [0.2, 0.25) is 0 Å². The molecule has 0 fully saturated rings. The van der Waals surface area contributed by atoms with Gasteiger partial charge in [-0.3, -0.25) is 4.79 Å². The SMILES string of the molecule is Cn1c(CC(C)(C)C(=O)O)nc2cccnc21. The van der Waals surface area contributed by atoms with Crippen molar-refractivity contribution < 1.29 is 9.90 Å². The maximum absolute atomic E-state index is 11.1. The van der Waals surface area contributed by atoms with Gasteiger partial charge >= 0.3 is 5.97 Å². The maximum atomic E-state index is 11.1. The van der Waals surface area contributed by atoms with E-state index in [9.17, 15) is 4.79 Å². The van der Waals surface area contributed by atoms with Gasteiger partial charge in [-0.15, -0.1) is 0 Å². The number of hydrogen-bond acceptors (Lipinski definition) is 3. The number of aliphatic carboxylic acids is 1. The van der Waals surface area contributed by atoms with Crippen molar-refractivity contribution in [2.75, 3.05) is 0 Å². The lowest BCUT2D eigenvalue weighted by molar-refractivity contribution is -0.146. The largest absolute Gasteiger partial charge is 0.481 e. The Bertz CT molecular complexity index is 572. The van der Waals surface area contributed by atoms with E-state index in [-0.39, 0.29) is 0 Å². The van der Waals surface area contributed by atoms with E-state index >= 15 is 0 Å². The van der Waals surface area contributed by atoms with Gasteiger partial charge in [0.2, 0.25) is 0 Å². The van der Waals surface area contributed by atoms with Crippen LogP contribution in [0.4, 0.5) is 0 Å². The zero-order chi connectivity index (χ0) is 12.6. The summed E-state index contributed by atoms with van der Waals surface area (Å²) < 4.78 is 1.85. The number of rotatable bonds is 3. The number of fused-ring (bicyclic) bond motifs is 1. The number of aromatic nitrogens is 3. The molecule has 2 rings (SSSR count). The lowest BCUT2D eigenvalue weighted by atomic mass is 9.89. The number of aryl methyl sites for hydroxylation is 1. The summed E-state index contributed by atoms with van der Waals surface area (Å²) in [6, 6.07) is 3.70. The monoisotopic (exact) mass is 233 g/mol. The van der Waals surface area contributed by atoms with Gasteiger partial charge in [-0.25, -0.2) is 9.97 Å². The zero-order valence-electron chi connectivity index (χ0n) is 10.1. The van der Waals surface area contributed by atoms with E-state index in [4.69, 9.17) is 5.11 Å². The highest BCUT2D eigenvalue weighted by molar-refractivity contribution is 5.75. The van der Waals surface area contributed by atoms with Crippen molar-refractivity contribution in [1.29, 1.82) is 0 Å². The molecule has 0 spiro atoms. The topological polar surface area (TPSA) is 68.0 Å². The van der Waals surface area contributed by atoms with Gasteiger partial charge < -0.3 is 9.67 Å². The quantitative estimate of drug-likeness (QED) is 0.874. The van der Waals surface area contributed by atoms with Crippen molar-refractivity contribution in [1.82, 2.24) is 14.5 Å². The third-order valence-corrected chi connectivity index (χ3v) is 2.90. The van der Waals surface area contributed by atoms with Crippen LogP contribution in [0, 0.1) is 5.41 Å². The number of imidazole rings is 1. The molecular weight excluding hydrogens is 218 g/mol. The summed E-state index contributed by atoms with van der Waals surface area (Å²) in [5.41, 5.74) is 0.754. The Morgan fingerprint density at radius 3 is 2.82 bits per heavy atom. The van der Waals surface area contributed by atoms with Crippen molar-refractivity contribution in [3.05, 3.63) is 24.2 Å². The Balaban J connectivity index is 2.43. The van der Waals surface area contributed by atoms with E-state index in [0.717, 1.165) is 17.0 Å². The van der Waals surface area contributed by atoms with E-state index < -0.39 is 11.4 Å². The van der Waals surface area contributed by atoms with Crippen molar-refractivity contribution in [2.45, 2.75) is 20.3 Å². The van der Waals surface area contributed by atoms with Crippen LogP contribution in [0.25, 0.3) is 11.2 Å². The second-order valence-corrected chi connectivity index (χ2v) is 4.80. The molecule has 1 N–H and O–H groups in total. The van der Waals surface area contributed by atoms with Crippen molar-refractivity contribution in [3.8, 4) is 0 Å². The first kappa shape index (κ1) is 11.6. The second-order valence-electron chi connectivity index (χ2n) is 4.80. The minimum atomic E-state index is -0.824. The first-order chi connectivity index (χ1) is 7.92. The summed E-state index contributed by atoms with van der Waals surface area (Å²) in [5.74, 6) is -0.0800. The molecule has 0 bridgehead atoms. The molecule has 17 heavy (non-hydrogen) atoms. The van der Waals surface area contributed by atoms with E-state index in [2.05, 4.69) is 9.97 Å². The Kier molecular flexibility index (Phi) is 2.61. The van der Waals surface area contributed by atoms with Gasteiger partial charge in [0.25, 0.3) is 0 Å². The zero-order valence-corrected chi connectivity index (χ0v) is 10.1. The minimum Gasteiger partial charge on any atom is -0.481 e. The van der Waals surface area contributed by atoms with Crippen LogP contribution < -0.4 is 0 Å². The van der Waals surface area contributed by atoms with Crippen LogP contribution in [0.1, 0.15) is 19.7 Å². The summed E-state index contributed by atoms with van der Waals surface area (Å²) in [6.45, 7) is 3.39. The number of carboxylic acids is 1. The molecule has 0 saturated heterocycles. The Morgan fingerprint density at radius 1 is 1.53 bits per heavy atom. The Morgan fingerprint density at radius 2 is 2.24 bits per heavy atom. The van der Waals surface area contributed by atoms with Gasteiger partial charge in [0.15, 0.2) is 5.65 Å². The van der Waals surface area contributed by atoms with Crippen LogP contribution in [0.5, 0.6) is 0 Å². The molecule has 2 aromatic rings. The van der Waals surface area contributed by atoms with Gasteiger partial charge in [-0.05, 0) is 26.0 Å². The average Bonchev–Trinajstić information content (AvgIpc) is 2.56. The predicted octanol–water partition coefficient (Wildman–Crippen LogP) is 1.62. The molecule has 90 valence electrons. The highest BCUT2D eigenvalue weighted by Crippen LogP contribution is 2.23. The van der Waals surface area contributed by atoms with Crippen LogP contribution >= 0.6 is 0 Å². The second kappa shape index (κ2) is 3.84. The molecule has 0 aliphatic carbocycles. The number of carbonyl (C=O) groups is 1. The minimum absolute atomic E-state index is 0.384. The molecule has 0 aliphatic rings. The maximum Gasteiger partial charge on any atom is 0.309 e. The van der Waals surface area contributed by atoms with Gasteiger partial charge in [-0.1, -0.05) is 0 Å². The molecule has 0 aromatic carbocycles. The lowest BCUT2D eigenvalue weighted by Gasteiger charge is -2.18. The first-order valence-electron chi connectivity index (χ1n) is 5.41. The molecule has 0 radical (unpaired) electrons. The summed E-state index contributed by atoms with van der Waals surface area (Å²) in [7, 11) is 1.86. The molecule has 0 unspecified atom stereocenters. The Hall–Kier alpha value is -1.91. The number of hydrogen-bond donors (Lipinski definition) is 1. The van der Waals surface area contributed by atoms with Crippen molar-refractivity contribution >= 4 is 17.1 Å². The standard InChI is InChI=1S/C12H15N3O2/c1-12(2,11(16)17)7-9-14-8-5-4-6-13-10(8)15(9)3/h4-6H,7H2,1-3H3,(H,16,17). The third-order valence-electron chi connectivity index (χ3n) is 2.90. The van der Waals surface area contributed by atoms with Crippen LogP contribution in [0.3, 0.4) is 0 Å². The fourth-order valence-electron chi connectivity index (χ4n) is 1.70. The molecule has 0 saturated carbocycles. The van der Waals surface area contributed by atoms with E-state index in [1.54, 1.807) is 20.0 Å². The molecule has 0 amide bonds. The summed E-state index contributed by atoms with van der Waals surface area (Å²) in [4.78, 5) is 19.7. The summed E-state index contributed by atoms with van der Waals surface area (Å²) in [6.07, 6.45) is 2.09. The highest BCUT2D eigenvalue weighted by atomic mass is 16.4. The molecule has 0 aliphatic heterocycles. The van der Waals surface area contributed by atoms with Crippen LogP contribution in [-0.2, 0) is 18.3 Å². The fraction of sp³-hybridized carbons (Fsp3) is 0.417. The number of nitrogens with zero attached hydrogens (tertiary/aromatic N) is 3. The van der Waals surface area contributed by atoms with E-state index in [0.29, 0.717) is 6.42 Å². The highest BCUT2D eigenvalue weighted by Gasteiger charge is 2.29. The van der Waals surface area contributed by atoms with E-state index in [1.807, 2.05) is 23.7 Å². The first-order valence-corrected chi connectivity index (χ1v) is 5.41. The molecule has 5 nitrogen and oxygen atoms in total. The third kappa shape index (κ3) is 2.00.